The van der Waals surface area contributed by atoms with Gasteiger partial charge in [0.25, 0.3) is 0 Å². The average molecular weight is 314 g/mol. The van der Waals surface area contributed by atoms with Gasteiger partial charge in [-0.2, -0.15) is 13.2 Å². The number of piperazine rings is 1. The molecular weight excluding hydrogens is 293 g/mol. The largest absolute Gasteiger partial charge is 0.416 e. The normalized spacial score (nSPS) is 20.8. The Morgan fingerprint density at radius 2 is 2.00 bits per heavy atom. The van der Waals surface area contributed by atoms with E-state index in [-0.39, 0.29) is 17.9 Å². The highest BCUT2D eigenvalue weighted by Crippen LogP contribution is 2.30. The van der Waals surface area contributed by atoms with Crippen molar-refractivity contribution in [2.75, 3.05) is 19.6 Å². The van der Waals surface area contributed by atoms with Crippen molar-refractivity contribution in [2.45, 2.75) is 38.4 Å². The molecule has 1 unspecified atom stereocenters. The molecule has 0 bridgehead atoms. The topological polar surface area (TPSA) is 32.3 Å². The van der Waals surface area contributed by atoms with Gasteiger partial charge in [0.05, 0.1) is 5.56 Å². The molecule has 1 amide bonds. The van der Waals surface area contributed by atoms with Crippen LogP contribution in [-0.4, -0.2) is 36.5 Å². The second-order valence-electron chi connectivity index (χ2n) is 5.87. The summed E-state index contributed by atoms with van der Waals surface area (Å²) in [6.45, 7) is 6.10. The number of alkyl halides is 3. The molecule has 0 aliphatic carbocycles. The first kappa shape index (κ1) is 16.8. The summed E-state index contributed by atoms with van der Waals surface area (Å²) in [6.07, 6.45) is -4.01. The Balaban J connectivity index is 1.99. The van der Waals surface area contributed by atoms with Crippen molar-refractivity contribution in [3.63, 3.8) is 0 Å². The number of hydrogen-bond donors (Lipinski definition) is 1. The Hall–Kier alpha value is -1.56. The lowest BCUT2D eigenvalue weighted by Crippen LogP contribution is -2.52. The Bertz CT molecular complexity index is 513. The molecule has 0 spiro atoms. The number of rotatable bonds is 3. The first-order valence-electron chi connectivity index (χ1n) is 7.46. The zero-order valence-electron chi connectivity index (χ0n) is 12.8. The third-order valence-electron chi connectivity index (χ3n) is 4.11. The quantitative estimate of drug-likeness (QED) is 0.930. The Morgan fingerprint density at radius 3 is 2.55 bits per heavy atom. The predicted octanol–water partition coefficient (Wildman–Crippen LogP) is 3.02. The van der Waals surface area contributed by atoms with Crippen LogP contribution in [0.5, 0.6) is 0 Å². The molecular formula is C16H21F3N2O. The van der Waals surface area contributed by atoms with Gasteiger partial charge in [-0.05, 0) is 30.5 Å². The van der Waals surface area contributed by atoms with E-state index in [2.05, 4.69) is 5.32 Å². The van der Waals surface area contributed by atoms with Gasteiger partial charge in [-0.15, -0.1) is 0 Å². The van der Waals surface area contributed by atoms with Crippen LogP contribution < -0.4 is 5.32 Å². The zero-order valence-corrected chi connectivity index (χ0v) is 12.8. The van der Waals surface area contributed by atoms with Gasteiger partial charge in [0.2, 0.25) is 5.91 Å². The van der Waals surface area contributed by atoms with Crippen LogP contribution in [0, 0.1) is 0 Å². The summed E-state index contributed by atoms with van der Waals surface area (Å²) in [4.78, 5) is 14.2. The van der Waals surface area contributed by atoms with Crippen LogP contribution in [0.3, 0.4) is 0 Å². The van der Waals surface area contributed by atoms with E-state index < -0.39 is 11.7 Å². The highest BCUT2D eigenvalue weighted by molar-refractivity contribution is 5.77. The summed E-state index contributed by atoms with van der Waals surface area (Å²) < 4.78 is 37.6. The lowest BCUT2D eigenvalue weighted by Gasteiger charge is -2.34. The summed E-state index contributed by atoms with van der Waals surface area (Å²) in [6, 6.07) is 5.22. The second-order valence-corrected chi connectivity index (χ2v) is 5.87. The first-order chi connectivity index (χ1) is 10.3. The molecule has 3 nitrogen and oxygen atoms in total. The van der Waals surface area contributed by atoms with E-state index in [0.29, 0.717) is 13.0 Å². The van der Waals surface area contributed by atoms with Crippen molar-refractivity contribution < 1.29 is 18.0 Å². The Kier molecular flexibility index (Phi) is 5.11. The molecule has 1 aliphatic rings. The third-order valence-corrected chi connectivity index (χ3v) is 4.11. The molecule has 6 heteroatoms. The molecule has 22 heavy (non-hydrogen) atoms. The number of carbonyl (C=O) groups is 1. The molecule has 1 heterocycles. The van der Waals surface area contributed by atoms with Crippen LogP contribution in [0.2, 0.25) is 0 Å². The average Bonchev–Trinajstić information content (AvgIpc) is 2.46. The molecule has 0 saturated carbocycles. The summed E-state index contributed by atoms with van der Waals surface area (Å²) in [5.74, 6) is -0.0433. The third kappa shape index (κ3) is 4.00. The van der Waals surface area contributed by atoms with Crippen molar-refractivity contribution in [2.24, 2.45) is 0 Å². The number of amides is 1. The number of nitrogens with one attached hydrogen (secondary N) is 1. The smallest absolute Gasteiger partial charge is 0.337 e. The fraction of sp³-hybridized carbons (Fsp3) is 0.562. The van der Waals surface area contributed by atoms with E-state index in [0.717, 1.165) is 30.8 Å². The summed E-state index contributed by atoms with van der Waals surface area (Å²) >= 11 is 0. The standard InChI is InChI=1S/C16H21F3N2O/c1-11(9-15(22)21-8-7-20-10-12(21)2)13-3-5-14(6-4-13)16(17,18)19/h3-6,11-12,20H,7-10H2,1-2H3/t11?,12-/m0/s1. The molecule has 1 fully saturated rings. The minimum Gasteiger partial charge on any atom is -0.337 e. The Morgan fingerprint density at radius 1 is 1.36 bits per heavy atom. The first-order valence-corrected chi connectivity index (χ1v) is 7.46. The highest BCUT2D eigenvalue weighted by atomic mass is 19.4. The van der Waals surface area contributed by atoms with Gasteiger partial charge in [-0.3, -0.25) is 4.79 Å². The molecule has 1 aromatic rings. The molecule has 0 radical (unpaired) electrons. The Labute approximate surface area is 128 Å². The minimum atomic E-state index is -4.33. The van der Waals surface area contributed by atoms with E-state index in [1.807, 2.05) is 18.7 Å². The van der Waals surface area contributed by atoms with Gasteiger partial charge in [-0.1, -0.05) is 19.1 Å². The van der Waals surface area contributed by atoms with Crippen LogP contribution in [0.25, 0.3) is 0 Å². The van der Waals surface area contributed by atoms with Gasteiger partial charge < -0.3 is 10.2 Å². The van der Waals surface area contributed by atoms with Crippen LogP contribution in [0.4, 0.5) is 13.2 Å². The van der Waals surface area contributed by atoms with E-state index in [1.54, 1.807) is 0 Å². The van der Waals surface area contributed by atoms with Crippen molar-refractivity contribution >= 4 is 5.91 Å². The maximum Gasteiger partial charge on any atom is 0.416 e. The molecule has 122 valence electrons. The summed E-state index contributed by atoms with van der Waals surface area (Å²) in [7, 11) is 0. The van der Waals surface area contributed by atoms with Crippen molar-refractivity contribution in [1.29, 1.82) is 0 Å². The minimum absolute atomic E-state index is 0.0568. The number of benzene rings is 1. The molecule has 2 rings (SSSR count). The SMILES string of the molecule is CC(CC(=O)N1CCNC[C@@H]1C)c1ccc(C(F)(F)F)cc1. The molecule has 1 saturated heterocycles. The fourth-order valence-electron chi connectivity index (χ4n) is 2.71. The zero-order chi connectivity index (χ0) is 16.3. The van der Waals surface area contributed by atoms with E-state index in [1.165, 1.54) is 12.1 Å². The number of hydrogen-bond acceptors (Lipinski definition) is 2. The van der Waals surface area contributed by atoms with Crippen LogP contribution in [-0.2, 0) is 11.0 Å². The van der Waals surface area contributed by atoms with E-state index >= 15 is 0 Å². The second kappa shape index (κ2) is 6.69. The summed E-state index contributed by atoms with van der Waals surface area (Å²) in [5, 5.41) is 3.22. The fourth-order valence-corrected chi connectivity index (χ4v) is 2.71. The van der Waals surface area contributed by atoms with Crippen LogP contribution >= 0.6 is 0 Å². The molecule has 1 aliphatic heterocycles. The number of halogens is 3. The van der Waals surface area contributed by atoms with Gasteiger partial charge in [-0.25, -0.2) is 0 Å². The summed E-state index contributed by atoms with van der Waals surface area (Å²) in [5.41, 5.74) is 0.0923. The van der Waals surface area contributed by atoms with Crippen molar-refractivity contribution in [3.05, 3.63) is 35.4 Å². The predicted molar refractivity (Wildman–Crippen MR) is 78.5 cm³/mol. The van der Waals surface area contributed by atoms with Gasteiger partial charge >= 0.3 is 6.18 Å². The molecule has 0 aromatic heterocycles. The van der Waals surface area contributed by atoms with E-state index in [4.69, 9.17) is 0 Å². The number of nitrogens with zero attached hydrogens (tertiary/aromatic N) is 1. The van der Waals surface area contributed by atoms with Crippen LogP contribution in [0.1, 0.15) is 37.3 Å². The lowest BCUT2D eigenvalue weighted by molar-refractivity contribution is -0.137. The van der Waals surface area contributed by atoms with Gasteiger partial charge in [0, 0.05) is 32.1 Å². The molecule has 2 atom stereocenters. The maximum atomic E-state index is 12.5. The monoisotopic (exact) mass is 314 g/mol. The highest BCUT2D eigenvalue weighted by Gasteiger charge is 2.30. The van der Waals surface area contributed by atoms with Gasteiger partial charge in [0.15, 0.2) is 0 Å². The van der Waals surface area contributed by atoms with Crippen LogP contribution in [0.15, 0.2) is 24.3 Å². The van der Waals surface area contributed by atoms with Gasteiger partial charge in [0.1, 0.15) is 0 Å². The maximum absolute atomic E-state index is 12.5. The van der Waals surface area contributed by atoms with Crippen molar-refractivity contribution in [1.82, 2.24) is 10.2 Å². The lowest BCUT2D eigenvalue weighted by atomic mass is 9.95. The van der Waals surface area contributed by atoms with Crippen molar-refractivity contribution in [3.8, 4) is 0 Å². The molecule has 1 N–H and O–H groups in total. The molecule has 1 aromatic carbocycles. The number of carbonyl (C=O) groups excluding carboxylic acids is 1. The van der Waals surface area contributed by atoms with E-state index in [9.17, 15) is 18.0 Å².